The summed E-state index contributed by atoms with van der Waals surface area (Å²) in [5, 5.41) is 14.2. The monoisotopic (exact) mass is 281 g/mol. The number of pyridine rings is 1. The van der Waals surface area contributed by atoms with Crippen LogP contribution in [0.2, 0.25) is 0 Å². The van der Waals surface area contributed by atoms with Gasteiger partial charge in [-0.25, -0.2) is 14.6 Å². The molecule has 0 fully saturated rings. The smallest absolute Gasteiger partial charge is 0.329 e. The van der Waals surface area contributed by atoms with Crippen molar-refractivity contribution in [3.63, 3.8) is 0 Å². The quantitative estimate of drug-likeness (QED) is 0.738. The minimum Gasteiger partial charge on any atom is -0.481 e. The number of amides is 2. The second-order valence-corrected chi connectivity index (χ2v) is 4.56. The molecule has 0 radical (unpaired) electrons. The standard InChI is InChI=1S/C13H19N3O4/c1-4-7-13(2,11(17)18)16-12(19)15-9-5-6-10(20-3)14-8-9/h5-6,8H,4,7H2,1-3H3,(H,17,18)(H2,15,16,19). The topological polar surface area (TPSA) is 101 Å². The van der Waals surface area contributed by atoms with Crippen LogP contribution in [0.15, 0.2) is 18.3 Å². The van der Waals surface area contributed by atoms with E-state index in [1.54, 1.807) is 12.1 Å². The van der Waals surface area contributed by atoms with E-state index >= 15 is 0 Å². The third kappa shape index (κ3) is 4.11. The van der Waals surface area contributed by atoms with E-state index in [1.165, 1.54) is 20.2 Å². The molecule has 0 saturated heterocycles. The summed E-state index contributed by atoms with van der Waals surface area (Å²) in [6.07, 6.45) is 2.42. The molecule has 0 aromatic carbocycles. The van der Waals surface area contributed by atoms with Crippen LogP contribution in [-0.4, -0.2) is 34.7 Å². The minimum atomic E-state index is -1.29. The van der Waals surface area contributed by atoms with E-state index in [1.807, 2.05) is 6.92 Å². The maximum atomic E-state index is 11.8. The number of hydrogen-bond acceptors (Lipinski definition) is 4. The minimum absolute atomic E-state index is 0.344. The van der Waals surface area contributed by atoms with Gasteiger partial charge in [-0.05, 0) is 19.4 Å². The van der Waals surface area contributed by atoms with Crippen molar-refractivity contribution in [3.8, 4) is 5.88 Å². The lowest BCUT2D eigenvalue weighted by molar-refractivity contribution is -0.143. The van der Waals surface area contributed by atoms with Gasteiger partial charge in [0.05, 0.1) is 19.0 Å². The van der Waals surface area contributed by atoms with Gasteiger partial charge in [-0.15, -0.1) is 0 Å². The molecule has 1 atom stereocenters. The molecule has 110 valence electrons. The van der Waals surface area contributed by atoms with E-state index in [-0.39, 0.29) is 0 Å². The Morgan fingerprint density at radius 3 is 2.60 bits per heavy atom. The number of urea groups is 1. The van der Waals surface area contributed by atoms with Crippen molar-refractivity contribution < 1.29 is 19.4 Å². The molecule has 0 bridgehead atoms. The second-order valence-electron chi connectivity index (χ2n) is 4.56. The van der Waals surface area contributed by atoms with Crippen molar-refractivity contribution in [1.82, 2.24) is 10.3 Å². The number of aliphatic carboxylic acids is 1. The van der Waals surface area contributed by atoms with Crippen LogP contribution >= 0.6 is 0 Å². The number of hydrogen-bond donors (Lipinski definition) is 3. The predicted octanol–water partition coefficient (Wildman–Crippen LogP) is 1.86. The second kappa shape index (κ2) is 6.74. The van der Waals surface area contributed by atoms with Crippen LogP contribution in [0.25, 0.3) is 0 Å². The number of methoxy groups -OCH3 is 1. The van der Waals surface area contributed by atoms with Crippen molar-refractivity contribution in [2.45, 2.75) is 32.2 Å². The van der Waals surface area contributed by atoms with Crippen LogP contribution < -0.4 is 15.4 Å². The van der Waals surface area contributed by atoms with Gasteiger partial charge in [-0.1, -0.05) is 13.3 Å². The van der Waals surface area contributed by atoms with E-state index in [0.29, 0.717) is 24.4 Å². The number of carbonyl (C=O) groups is 2. The summed E-state index contributed by atoms with van der Waals surface area (Å²) >= 11 is 0. The first-order valence-corrected chi connectivity index (χ1v) is 6.24. The predicted molar refractivity (Wildman–Crippen MR) is 73.9 cm³/mol. The first-order valence-electron chi connectivity index (χ1n) is 6.24. The summed E-state index contributed by atoms with van der Waals surface area (Å²) in [6.45, 7) is 3.33. The highest BCUT2D eigenvalue weighted by molar-refractivity contribution is 5.93. The first kappa shape index (κ1) is 15.7. The van der Waals surface area contributed by atoms with E-state index < -0.39 is 17.5 Å². The Hall–Kier alpha value is -2.31. The van der Waals surface area contributed by atoms with Crippen LogP contribution in [0.1, 0.15) is 26.7 Å². The van der Waals surface area contributed by atoms with E-state index in [4.69, 9.17) is 4.74 Å². The zero-order valence-corrected chi connectivity index (χ0v) is 11.8. The molecule has 0 aliphatic carbocycles. The highest BCUT2D eigenvalue weighted by atomic mass is 16.5. The van der Waals surface area contributed by atoms with Gasteiger partial charge in [0.2, 0.25) is 5.88 Å². The normalized spacial score (nSPS) is 13.2. The van der Waals surface area contributed by atoms with Crippen LogP contribution in [0, 0.1) is 0 Å². The number of nitrogens with zero attached hydrogens (tertiary/aromatic N) is 1. The molecule has 0 saturated carbocycles. The molecule has 0 aliphatic heterocycles. The van der Waals surface area contributed by atoms with Crippen molar-refractivity contribution in [3.05, 3.63) is 18.3 Å². The van der Waals surface area contributed by atoms with Crippen LogP contribution in [0.5, 0.6) is 5.88 Å². The summed E-state index contributed by atoms with van der Waals surface area (Å²) < 4.78 is 4.90. The maximum Gasteiger partial charge on any atom is 0.329 e. The van der Waals surface area contributed by atoms with Gasteiger partial charge in [0, 0.05) is 6.07 Å². The molecular formula is C13H19N3O4. The number of carboxylic acid groups (broad SMARTS) is 1. The molecule has 1 rings (SSSR count). The molecule has 7 nitrogen and oxygen atoms in total. The Labute approximate surface area is 117 Å². The molecule has 3 N–H and O–H groups in total. The fraction of sp³-hybridized carbons (Fsp3) is 0.462. The van der Waals surface area contributed by atoms with Crippen molar-refractivity contribution in [2.75, 3.05) is 12.4 Å². The summed E-state index contributed by atoms with van der Waals surface area (Å²) in [7, 11) is 1.49. The SMILES string of the molecule is CCCC(C)(NC(=O)Nc1ccc(OC)nc1)C(=O)O. The van der Waals surface area contributed by atoms with Gasteiger partial charge in [0.1, 0.15) is 5.54 Å². The lowest BCUT2D eigenvalue weighted by atomic mass is 9.97. The number of rotatable bonds is 6. The number of aromatic nitrogens is 1. The maximum absolute atomic E-state index is 11.8. The zero-order valence-electron chi connectivity index (χ0n) is 11.8. The number of ether oxygens (including phenoxy) is 1. The Kier molecular flexibility index (Phi) is 5.31. The molecule has 1 aromatic heterocycles. The lowest BCUT2D eigenvalue weighted by Crippen LogP contribution is -2.53. The average molecular weight is 281 g/mol. The summed E-state index contributed by atoms with van der Waals surface area (Å²) in [6, 6.07) is 2.62. The van der Waals surface area contributed by atoms with Gasteiger partial charge in [0.25, 0.3) is 0 Å². The number of anilines is 1. The van der Waals surface area contributed by atoms with Gasteiger partial charge in [-0.3, -0.25) is 0 Å². The van der Waals surface area contributed by atoms with Gasteiger partial charge in [0.15, 0.2) is 0 Å². The van der Waals surface area contributed by atoms with Crippen LogP contribution in [0.4, 0.5) is 10.5 Å². The van der Waals surface area contributed by atoms with Gasteiger partial charge < -0.3 is 20.5 Å². The van der Waals surface area contributed by atoms with E-state index in [2.05, 4.69) is 15.6 Å². The van der Waals surface area contributed by atoms with Crippen molar-refractivity contribution in [1.29, 1.82) is 0 Å². The third-order valence-electron chi connectivity index (χ3n) is 2.81. The lowest BCUT2D eigenvalue weighted by Gasteiger charge is -2.25. The summed E-state index contributed by atoms with van der Waals surface area (Å²) in [5.74, 6) is -0.639. The third-order valence-corrected chi connectivity index (χ3v) is 2.81. The molecule has 1 heterocycles. The number of carboxylic acids is 1. The highest BCUT2D eigenvalue weighted by Crippen LogP contribution is 2.14. The summed E-state index contributed by atoms with van der Waals surface area (Å²) in [5.41, 5.74) is -0.842. The van der Waals surface area contributed by atoms with Crippen LogP contribution in [-0.2, 0) is 4.79 Å². The van der Waals surface area contributed by atoms with Crippen molar-refractivity contribution >= 4 is 17.7 Å². The summed E-state index contributed by atoms with van der Waals surface area (Å²) in [4.78, 5) is 27.0. The van der Waals surface area contributed by atoms with Crippen LogP contribution in [0.3, 0.4) is 0 Å². The zero-order chi connectivity index (χ0) is 15.2. The highest BCUT2D eigenvalue weighted by Gasteiger charge is 2.33. The fourth-order valence-electron chi connectivity index (χ4n) is 1.71. The molecule has 0 aliphatic rings. The van der Waals surface area contributed by atoms with E-state index in [0.717, 1.165) is 0 Å². The van der Waals surface area contributed by atoms with Crippen molar-refractivity contribution in [2.24, 2.45) is 0 Å². The average Bonchev–Trinajstić information content (AvgIpc) is 2.39. The van der Waals surface area contributed by atoms with E-state index in [9.17, 15) is 14.7 Å². The Morgan fingerprint density at radius 1 is 1.45 bits per heavy atom. The number of nitrogens with one attached hydrogen (secondary N) is 2. The van der Waals surface area contributed by atoms with Gasteiger partial charge in [-0.2, -0.15) is 0 Å². The molecule has 1 aromatic rings. The largest absolute Gasteiger partial charge is 0.481 e. The molecule has 7 heteroatoms. The fourth-order valence-corrected chi connectivity index (χ4v) is 1.71. The van der Waals surface area contributed by atoms with Gasteiger partial charge >= 0.3 is 12.0 Å². The first-order chi connectivity index (χ1) is 9.41. The Bertz CT molecular complexity index is 475. The molecule has 2 amide bonds. The Morgan fingerprint density at radius 2 is 2.15 bits per heavy atom. The molecule has 1 unspecified atom stereocenters. The molecule has 20 heavy (non-hydrogen) atoms. The molecule has 0 spiro atoms. The molecular weight excluding hydrogens is 262 g/mol. The Balaban J connectivity index is 2.67. The number of carbonyl (C=O) groups excluding carboxylic acids is 1.